The summed E-state index contributed by atoms with van der Waals surface area (Å²) in [6.07, 6.45) is 8.20. The van der Waals surface area contributed by atoms with Gasteiger partial charge in [0.25, 0.3) is 0 Å². The molecular weight excluding hydrogens is 174 g/mol. The minimum Gasteiger partial charge on any atom is -0.377 e. The van der Waals surface area contributed by atoms with Gasteiger partial charge >= 0.3 is 0 Å². The van der Waals surface area contributed by atoms with Gasteiger partial charge in [-0.05, 0) is 25.7 Å². The van der Waals surface area contributed by atoms with Crippen LogP contribution in [0.4, 0.5) is 0 Å². The fraction of sp³-hybridized carbons (Fsp3) is 1.00. The summed E-state index contributed by atoms with van der Waals surface area (Å²) in [5, 5.41) is 3.62. The van der Waals surface area contributed by atoms with E-state index in [2.05, 4.69) is 19.2 Å². The lowest BCUT2D eigenvalue weighted by Crippen LogP contribution is -2.35. The van der Waals surface area contributed by atoms with Crippen molar-refractivity contribution in [2.75, 3.05) is 13.2 Å². The first-order valence-corrected chi connectivity index (χ1v) is 6.21. The highest BCUT2D eigenvalue weighted by Gasteiger charge is 2.16. The highest BCUT2D eigenvalue weighted by Crippen LogP contribution is 2.12. The minimum absolute atomic E-state index is 0.491. The van der Waals surface area contributed by atoms with Crippen LogP contribution in [0, 0.1) is 0 Å². The molecule has 1 heterocycles. The highest BCUT2D eigenvalue weighted by atomic mass is 16.5. The zero-order chi connectivity index (χ0) is 10.2. The number of unbranched alkanes of at least 4 members (excludes halogenated alkanes) is 1. The first-order valence-electron chi connectivity index (χ1n) is 6.21. The van der Waals surface area contributed by atoms with Crippen molar-refractivity contribution < 1.29 is 4.74 Å². The number of ether oxygens (including phenoxy) is 1. The molecule has 1 N–H and O–H groups in total. The summed E-state index contributed by atoms with van der Waals surface area (Å²) < 4.78 is 5.59. The van der Waals surface area contributed by atoms with Crippen molar-refractivity contribution in [3.8, 4) is 0 Å². The Balaban J connectivity index is 2.06. The molecule has 0 aromatic heterocycles. The van der Waals surface area contributed by atoms with Crippen molar-refractivity contribution in [1.82, 2.24) is 5.32 Å². The maximum Gasteiger partial charge on any atom is 0.0700 e. The average Bonchev–Trinajstić information content (AvgIpc) is 2.71. The number of rotatable bonds is 7. The lowest BCUT2D eigenvalue weighted by molar-refractivity contribution is 0.107. The maximum atomic E-state index is 5.59. The minimum atomic E-state index is 0.491. The van der Waals surface area contributed by atoms with Crippen molar-refractivity contribution >= 4 is 0 Å². The largest absolute Gasteiger partial charge is 0.377 e. The second-order valence-corrected chi connectivity index (χ2v) is 4.29. The third kappa shape index (κ3) is 4.43. The van der Waals surface area contributed by atoms with Crippen LogP contribution >= 0.6 is 0 Å². The molecule has 0 aliphatic carbocycles. The van der Waals surface area contributed by atoms with Gasteiger partial charge in [0.2, 0.25) is 0 Å². The van der Waals surface area contributed by atoms with Crippen LogP contribution in [0.15, 0.2) is 0 Å². The summed E-state index contributed by atoms with van der Waals surface area (Å²) in [5.74, 6) is 0. The van der Waals surface area contributed by atoms with E-state index in [1.165, 1.54) is 38.5 Å². The second kappa shape index (κ2) is 7.24. The van der Waals surface area contributed by atoms with Crippen LogP contribution in [0.3, 0.4) is 0 Å². The molecule has 0 amide bonds. The van der Waals surface area contributed by atoms with Crippen molar-refractivity contribution in [3.05, 3.63) is 0 Å². The Bertz CT molecular complexity index is 132. The second-order valence-electron chi connectivity index (χ2n) is 4.29. The molecule has 84 valence electrons. The summed E-state index contributed by atoms with van der Waals surface area (Å²) in [5.41, 5.74) is 0. The SMILES string of the molecule is CCCC[C@H](CC)NC[C@H]1CCCO1. The molecule has 1 saturated heterocycles. The summed E-state index contributed by atoms with van der Waals surface area (Å²) >= 11 is 0. The van der Waals surface area contributed by atoms with E-state index < -0.39 is 0 Å². The first kappa shape index (κ1) is 12.0. The Labute approximate surface area is 88.4 Å². The Morgan fingerprint density at radius 2 is 2.29 bits per heavy atom. The van der Waals surface area contributed by atoms with E-state index >= 15 is 0 Å². The van der Waals surface area contributed by atoms with E-state index in [0.29, 0.717) is 12.1 Å². The quantitative estimate of drug-likeness (QED) is 0.680. The van der Waals surface area contributed by atoms with Crippen molar-refractivity contribution in [2.45, 2.75) is 64.5 Å². The highest BCUT2D eigenvalue weighted by molar-refractivity contribution is 4.71. The zero-order valence-corrected chi connectivity index (χ0v) is 9.72. The molecule has 1 aliphatic heterocycles. The fourth-order valence-corrected chi connectivity index (χ4v) is 2.00. The first-order chi connectivity index (χ1) is 6.86. The molecule has 0 aromatic carbocycles. The summed E-state index contributed by atoms with van der Waals surface area (Å²) in [6, 6.07) is 0.708. The van der Waals surface area contributed by atoms with Crippen LogP contribution in [0.25, 0.3) is 0 Å². The molecule has 0 spiro atoms. The summed E-state index contributed by atoms with van der Waals surface area (Å²) in [4.78, 5) is 0. The molecule has 0 saturated carbocycles. The molecule has 0 radical (unpaired) electrons. The van der Waals surface area contributed by atoms with Crippen molar-refractivity contribution in [1.29, 1.82) is 0 Å². The molecular formula is C12H25NO. The van der Waals surface area contributed by atoms with Gasteiger partial charge in [0.15, 0.2) is 0 Å². The van der Waals surface area contributed by atoms with E-state index in [-0.39, 0.29) is 0 Å². The molecule has 1 rings (SSSR count). The van der Waals surface area contributed by atoms with Crippen LogP contribution < -0.4 is 5.32 Å². The number of hydrogen-bond acceptors (Lipinski definition) is 2. The summed E-state index contributed by atoms with van der Waals surface area (Å²) in [7, 11) is 0. The van der Waals surface area contributed by atoms with E-state index in [9.17, 15) is 0 Å². The molecule has 2 heteroatoms. The monoisotopic (exact) mass is 199 g/mol. The predicted molar refractivity (Wildman–Crippen MR) is 60.6 cm³/mol. The van der Waals surface area contributed by atoms with Crippen LogP contribution in [0.2, 0.25) is 0 Å². The smallest absolute Gasteiger partial charge is 0.0700 e. The third-order valence-corrected chi connectivity index (χ3v) is 3.06. The van der Waals surface area contributed by atoms with E-state index in [1.54, 1.807) is 0 Å². The Hall–Kier alpha value is -0.0800. The standard InChI is InChI=1S/C12H25NO/c1-3-5-7-11(4-2)13-10-12-8-6-9-14-12/h11-13H,3-10H2,1-2H3/t11-,12+/m0/s1. The Morgan fingerprint density at radius 3 is 2.86 bits per heavy atom. The molecule has 2 nitrogen and oxygen atoms in total. The number of nitrogens with one attached hydrogen (secondary N) is 1. The van der Waals surface area contributed by atoms with Gasteiger partial charge in [-0.15, -0.1) is 0 Å². The topological polar surface area (TPSA) is 21.3 Å². The molecule has 14 heavy (non-hydrogen) atoms. The Kier molecular flexibility index (Phi) is 6.20. The Morgan fingerprint density at radius 1 is 1.43 bits per heavy atom. The lowest BCUT2D eigenvalue weighted by atomic mass is 10.1. The lowest BCUT2D eigenvalue weighted by Gasteiger charge is -2.19. The van der Waals surface area contributed by atoms with E-state index in [4.69, 9.17) is 4.74 Å². The molecule has 0 bridgehead atoms. The van der Waals surface area contributed by atoms with E-state index in [1.807, 2.05) is 0 Å². The normalized spacial score (nSPS) is 24.0. The van der Waals surface area contributed by atoms with Gasteiger partial charge in [-0.25, -0.2) is 0 Å². The van der Waals surface area contributed by atoms with Gasteiger partial charge < -0.3 is 10.1 Å². The van der Waals surface area contributed by atoms with Gasteiger partial charge in [-0.2, -0.15) is 0 Å². The van der Waals surface area contributed by atoms with Gasteiger partial charge in [0.1, 0.15) is 0 Å². The average molecular weight is 199 g/mol. The van der Waals surface area contributed by atoms with Crippen molar-refractivity contribution in [2.24, 2.45) is 0 Å². The maximum absolute atomic E-state index is 5.59. The van der Waals surface area contributed by atoms with Crippen molar-refractivity contribution in [3.63, 3.8) is 0 Å². The van der Waals surface area contributed by atoms with Crippen LogP contribution in [0.5, 0.6) is 0 Å². The molecule has 0 unspecified atom stereocenters. The van der Waals surface area contributed by atoms with Gasteiger partial charge in [-0.3, -0.25) is 0 Å². The fourth-order valence-electron chi connectivity index (χ4n) is 2.00. The van der Waals surface area contributed by atoms with Crippen LogP contribution in [-0.4, -0.2) is 25.3 Å². The van der Waals surface area contributed by atoms with Crippen LogP contribution in [0.1, 0.15) is 52.4 Å². The molecule has 2 atom stereocenters. The van der Waals surface area contributed by atoms with E-state index in [0.717, 1.165) is 13.2 Å². The summed E-state index contributed by atoms with van der Waals surface area (Å²) in [6.45, 7) is 6.55. The van der Waals surface area contributed by atoms with Crippen LogP contribution in [-0.2, 0) is 4.74 Å². The molecule has 1 aliphatic rings. The third-order valence-electron chi connectivity index (χ3n) is 3.06. The molecule has 0 aromatic rings. The van der Waals surface area contributed by atoms with Gasteiger partial charge in [0.05, 0.1) is 6.10 Å². The number of hydrogen-bond donors (Lipinski definition) is 1. The van der Waals surface area contributed by atoms with Gasteiger partial charge in [-0.1, -0.05) is 26.7 Å². The predicted octanol–water partition coefficient (Wildman–Crippen LogP) is 2.72. The zero-order valence-electron chi connectivity index (χ0n) is 9.72. The molecule has 1 fully saturated rings. The van der Waals surface area contributed by atoms with Gasteiger partial charge in [0, 0.05) is 19.2 Å².